The highest BCUT2D eigenvalue weighted by atomic mass is 32.2. The van der Waals surface area contributed by atoms with E-state index in [9.17, 15) is 13.2 Å². The van der Waals surface area contributed by atoms with Crippen LogP contribution in [-0.2, 0) is 14.8 Å². The monoisotopic (exact) mass is 353 g/mol. The van der Waals surface area contributed by atoms with Crippen molar-refractivity contribution in [1.29, 1.82) is 0 Å². The fourth-order valence-electron chi connectivity index (χ4n) is 3.79. The lowest BCUT2D eigenvalue weighted by molar-refractivity contribution is -0.126. The molecular weight excluding hydrogens is 334 g/mol. The summed E-state index contributed by atoms with van der Waals surface area (Å²) < 4.78 is 26.9. The summed E-state index contributed by atoms with van der Waals surface area (Å²) in [6.07, 6.45) is 2.04. The molecule has 0 spiro atoms. The van der Waals surface area contributed by atoms with Crippen LogP contribution in [0, 0.1) is 18.3 Å². The molecule has 4 nitrogen and oxygen atoms in total. The third-order valence-corrected chi connectivity index (χ3v) is 6.91. The third kappa shape index (κ3) is 2.34. The van der Waals surface area contributed by atoms with Crippen molar-refractivity contribution in [2.75, 3.05) is 6.54 Å². The molecule has 1 amide bonds. The Kier molecular flexibility index (Phi) is 3.41. The van der Waals surface area contributed by atoms with Gasteiger partial charge in [-0.2, -0.15) is 0 Å². The molecule has 1 fully saturated rings. The Bertz CT molecular complexity index is 977. The number of fused-ring (bicyclic) bond motifs is 1. The van der Waals surface area contributed by atoms with Gasteiger partial charge in [-0.25, -0.2) is 12.7 Å². The van der Waals surface area contributed by atoms with Gasteiger partial charge in [0.25, 0.3) is 10.0 Å². The fraction of sp³-hybridized carbons (Fsp3) is 0.250. The van der Waals surface area contributed by atoms with Gasteiger partial charge in [0, 0.05) is 12.0 Å². The van der Waals surface area contributed by atoms with E-state index in [1.165, 1.54) is 0 Å². The lowest BCUT2D eigenvalue weighted by Gasteiger charge is -2.37. The molecule has 128 valence electrons. The summed E-state index contributed by atoms with van der Waals surface area (Å²) in [7, 11) is -3.82. The number of amides is 1. The van der Waals surface area contributed by atoms with Gasteiger partial charge >= 0.3 is 0 Å². The summed E-state index contributed by atoms with van der Waals surface area (Å²) in [5.74, 6) is -0.723. The zero-order chi connectivity index (χ0) is 17.8. The van der Waals surface area contributed by atoms with Gasteiger partial charge < -0.3 is 0 Å². The Morgan fingerprint density at radius 3 is 2.32 bits per heavy atom. The van der Waals surface area contributed by atoms with Crippen LogP contribution in [0.1, 0.15) is 18.1 Å². The summed E-state index contributed by atoms with van der Waals surface area (Å²) in [4.78, 5) is 13.1. The minimum Gasteiger partial charge on any atom is -0.273 e. The van der Waals surface area contributed by atoms with Crippen LogP contribution in [0.5, 0.6) is 0 Å². The average Bonchev–Trinajstić information content (AvgIpc) is 2.77. The molecule has 1 aliphatic carbocycles. The van der Waals surface area contributed by atoms with Gasteiger partial charge in [0.05, 0.1) is 10.8 Å². The highest BCUT2D eigenvalue weighted by Gasteiger charge is 2.58. The zero-order valence-corrected chi connectivity index (χ0v) is 15.0. The molecule has 2 aromatic carbocycles. The molecule has 1 aliphatic heterocycles. The smallest absolute Gasteiger partial charge is 0.266 e. The standard InChI is InChI=1S/C20H19NO3S/c1-14-8-10-16(11-9-14)25(23,24)21-13-20(2)12-17(18(20)19(21)22)15-6-4-3-5-7-15/h3-12,18H,13H2,1-2H3/t18?,20-/m1/s1. The summed E-state index contributed by atoms with van der Waals surface area (Å²) in [5, 5.41) is 0. The van der Waals surface area contributed by atoms with E-state index in [4.69, 9.17) is 0 Å². The van der Waals surface area contributed by atoms with E-state index in [0.717, 1.165) is 21.0 Å². The van der Waals surface area contributed by atoms with E-state index in [2.05, 4.69) is 0 Å². The quantitative estimate of drug-likeness (QED) is 0.851. The second-order valence-corrected chi connectivity index (χ2v) is 8.93. The Balaban J connectivity index is 1.68. The number of aryl methyl sites for hydroxylation is 1. The minimum absolute atomic E-state index is 0.164. The van der Waals surface area contributed by atoms with Gasteiger partial charge in [-0.3, -0.25) is 4.79 Å². The van der Waals surface area contributed by atoms with Gasteiger partial charge in [0.2, 0.25) is 5.91 Å². The van der Waals surface area contributed by atoms with E-state index in [-0.39, 0.29) is 17.3 Å². The summed E-state index contributed by atoms with van der Waals surface area (Å²) in [6.45, 7) is 4.05. The molecule has 25 heavy (non-hydrogen) atoms. The molecule has 0 bridgehead atoms. The van der Waals surface area contributed by atoms with Gasteiger partial charge in [-0.15, -0.1) is 0 Å². The number of sulfonamides is 1. The SMILES string of the molecule is Cc1ccc(S(=O)(=O)N2C[C@@]3(C)C=C(c4ccccc4)C3C2=O)cc1. The van der Waals surface area contributed by atoms with E-state index in [1.54, 1.807) is 24.3 Å². The van der Waals surface area contributed by atoms with Crippen LogP contribution in [0.3, 0.4) is 0 Å². The number of nitrogens with zero attached hydrogens (tertiary/aromatic N) is 1. The van der Waals surface area contributed by atoms with Crippen molar-refractivity contribution < 1.29 is 13.2 Å². The first-order valence-electron chi connectivity index (χ1n) is 8.24. The Morgan fingerprint density at radius 1 is 1.04 bits per heavy atom. The van der Waals surface area contributed by atoms with Crippen LogP contribution in [-0.4, -0.2) is 25.2 Å². The zero-order valence-electron chi connectivity index (χ0n) is 14.1. The van der Waals surface area contributed by atoms with Crippen molar-refractivity contribution in [3.8, 4) is 0 Å². The first kappa shape index (κ1) is 16.1. The average molecular weight is 353 g/mol. The Morgan fingerprint density at radius 2 is 1.68 bits per heavy atom. The predicted octanol–water partition coefficient (Wildman–Crippen LogP) is 3.25. The highest BCUT2D eigenvalue weighted by molar-refractivity contribution is 7.89. The number of carbonyl (C=O) groups excluding carboxylic acids is 1. The van der Waals surface area contributed by atoms with E-state index in [0.29, 0.717) is 0 Å². The van der Waals surface area contributed by atoms with Crippen LogP contribution < -0.4 is 0 Å². The van der Waals surface area contributed by atoms with E-state index >= 15 is 0 Å². The maximum atomic E-state index is 12.9. The first-order chi connectivity index (χ1) is 11.8. The summed E-state index contributed by atoms with van der Waals surface area (Å²) in [6, 6.07) is 16.3. The van der Waals surface area contributed by atoms with E-state index in [1.807, 2.05) is 50.3 Å². The number of hydrogen-bond donors (Lipinski definition) is 0. The molecule has 0 saturated carbocycles. The minimum atomic E-state index is -3.82. The molecule has 1 unspecified atom stereocenters. The topological polar surface area (TPSA) is 54.5 Å². The van der Waals surface area contributed by atoms with Gasteiger partial charge in [0.15, 0.2) is 0 Å². The largest absolute Gasteiger partial charge is 0.273 e. The molecule has 2 aliphatic rings. The number of benzene rings is 2. The third-order valence-electron chi connectivity index (χ3n) is 5.15. The molecule has 1 heterocycles. The van der Waals surface area contributed by atoms with Gasteiger partial charge in [-0.05, 0) is 30.2 Å². The molecule has 1 saturated heterocycles. The number of hydrogen-bond acceptors (Lipinski definition) is 3. The molecule has 0 aromatic heterocycles. The Labute approximate surface area is 147 Å². The number of rotatable bonds is 3. The summed E-state index contributed by atoms with van der Waals surface area (Å²) >= 11 is 0. The van der Waals surface area contributed by atoms with Crippen molar-refractivity contribution >= 4 is 21.5 Å². The molecule has 4 rings (SSSR count). The van der Waals surface area contributed by atoms with Crippen molar-refractivity contribution in [3.05, 3.63) is 71.8 Å². The van der Waals surface area contributed by atoms with E-state index < -0.39 is 21.4 Å². The van der Waals surface area contributed by atoms with Gasteiger partial charge in [-0.1, -0.05) is 61.0 Å². The van der Waals surface area contributed by atoms with Crippen molar-refractivity contribution in [1.82, 2.24) is 4.31 Å². The number of carbonyl (C=O) groups is 1. The highest BCUT2D eigenvalue weighted by Crippen LogP contribution is 2.55. The van der Waals surface area contributed by atoms with Crippen LogP contribution in [0.15, 0.2) is 65.6 Å². The molecule has 5 heteroatoms. The second-order valence-electron chi connectivity index (χ2n) is 7.07. The second kappa shape index (κ2) is 5.30. The molecular formula is C20H19NO3S. The molecule has 2 atom stereocenters. The maximum Gasteiger partial charge on any atom is 0.266 e. The predicted molar refractivity (Wildman–Crippen MR) is 96.1 cm³/mol. The molecule has 0 N–H and O–H groups in total. The van der Waals surface area contributed by atoms with Crippen LogP contribution in [0.2, 0.25) is 0 Å². The van der Waals surface area contributed by atoms with Crippen LogP contribution >= 0.6 is 0 Å². The first-order valence-corrected chi connectivity index (χ1v) is 9.68. The van der Waals surface area contributed by atoms with Crippen molar-refractivity contribution in [2.45, 2.75) is 18.7 Å². The summed E-state index contributed by atoms with van der Waals surface area (Å²) in [5.41, 5.74) is 2.45. The maximum absolute atomic E-state index is 12.9. The molecule has 2 aromatic rings. The normalized spacial score (nSPS) is 25.4. The fourth-order valence-corrected chi connectivity index (χ4v) is 5.31. The van der Waals surface area contributed by atoms with Crippen LogP contribution in [0.4, 0.5) is 0 Å². The Hall–Kier alpha value is -2.40. The van der Waals surface area contributed by atoms with Crippen molar-refractivity contribution in [3.63, 3.8) is 0 Å². The van der Waals surface area contributed by atoms with Crippen LogP contribution in [0.25, 0.3) is 5.57 Å². The lowest BCUT2D eigenvalue weighted by atomic mass is 9.63. The molecule has 0 radical (unpaired) electrons. The van der Waals surface area contributed by atoms with Crippen molar-refractivity contribution in [2.24, 2.45) is 11.3 Å². The lowest BCUT2D eigenvalue weighted by Crippen LogP contribution is -2.35. The van der Waals surface area contributed by atoms with Gasteiger partial charge in [0.1, 0.15) is 0 Å².